The van der Waals surface area contributed by atoms with E-state index in [0.29, 0.717) is 12.1 Å². The van der Waals surface area contributed by atoms with Crippen molar-refractivity contribution in [3.8, 4) is 0 Å². The summed E-state index contributed by atoms with van der Waals surface area (Å²) < 4.78 is 107. The Balaban J connectivity index is 2.65. The van der Waals surface area contributed by atoms with Crippen molar-refractivity contribution in [2.45, 2.75) is 32.6 Å². The first-order chi connectivity index (χ1) is 14.6. The zero-order chi connectivity index (χ0) is 24.4. The highest BCUT2D eigenvalue weighted by atomic mass is 19.4. The third kappa shape index (κ3) is 5.83. The van der Waals surface area contributed by atoms with Gasteiger partial charge in [-0.25, -0.2) is 8.78 Å². The van der Waals surface area contributed by atoms with E-state index in [0.717, 1.165) is 0 Å². The SMILES string of the molecule is CC(C)CCN(C(=O)c1cc(F)ccc1C(F)(F)F)C(=O)c1cc(F)ccc1C(F)(F)F. The van der Waals surface area contributed by atoms with Crippen molar-refractivity contribution in [1.29, 1.82) is 0 Å². The highest BCUT2D eigenvalue weighted by Gasteiger charge is 2.40. The summed E-state index contributed by atoms with van der Waals surface area (Å²) in [6, 6.07) is 1.98. The van der Waals surface area contributed by atoms with Gasteiger partial charge >= 0.3 is 12.4 Å². The predicted molar refractivity (Wildman–Crippen MR) is 97.6 cm³/mol. The van der Waals surface area contributed by atoms with Gasteiger partial charge in [-0.2, -0.15) is 26.3 Å². The van der Waals surface area contributed by atoms with Gasteiger partial charge in [-0.05, 0) is 48.7 Å². The van der Waals surface area contributed by atoms with Crippen molar-refractivity contribution in [2.75, 3.05) is 6.54 Å². The van der Waals surface area contributed by atoms with Crippen LogP contribution in [0.5, 0.6) is 0 Å². The van der Waals surface area contributed by atoms with Crippen molar-refractivity contribution >= 4 is 11.8 Å². The molecule has 0 saturated carbocycles. The summed E-state index contributed by atoms with van der Waals surface area (Å²) in [6.45, 7) is 2.70. The van der Waals surface area contributed by atoms with E-state index in [4.69, 9.17) is 0 Å². The number of carbonyl (C=O) groups is 2. The minimum Gasteiger partial charge on any atom is -0.274 e. The lowest BCUT2D eigenvalue weighted by Gasteiger charge is -2.25. The molecule has 0 N–H and O–H groups in total. The lowest BCUT2D eigenvalue weighted by atomic mass is 10.0. The molecule has 2 aromatic carbocycles. The smallest absolute Gasteiger partial charge is 0.274 e. The third-order valence-electron chi connectivity index (χ3n) is 4.46. The Kier molecular flexibility index (Phi) is 7.31. The number of hydrogen-bond donors (Lipinski definition) is 0. The van der Waals surface area contributed by atoms with E-state index < -0.39 is 64.6 Å². The van der Waals surface area contributed by atoms with Crippen molar-refractivity contribution in [2.24, 2.45) is 5.92 Å². The van der Waals surface area contributed by atoms with E-state index in [9.17, 15) is 44.7 Å². The van der Waals surface area contributed by atoms with Crippen LogP contribution < -0.4 is 0 Å². The van der Waals surface area contributed by atoms with Gasteiger partial charge in [0.1, 0.15) is 11.6 Å². The molecule has 0 fully saturated rings. The Bertz CT molecular complexity index is 936. The number of alkyl halides is 6. The molecule has 0 atom stereocenters. The molecule has 0 aliphatic rings. The van der Waals surface area contributed by atoms with Gasteiger partial charge in [0, 0.05) is 6.54 Å². The number of benzene rings is 2. The van der Waals surface area contributed by atoms with Crippen LogP contribution in [0.4, 0.5) is 35.1 Å². The first-order valence-corrected chi connectivity index (χ1v) is 9.22. The third-order valence-corrected chi connectivity index (χ3v) is 4.46. The maximum absolute atomic E-state index is 13.6. The first-order valence-electron chi connectivity index (χ1n) is 9.22. The highest BCUT2D eigenvalue weighted by Crippen LogP contribution is 2.35. The Labute approximate surface area is 177 Å². The number of halogens is 8. The zero-order valence-corrected chi connectivity index (χ0v) is 16.7. The fourth-order valence-electron chi connectivity index (χ4n) is 2.85. The number of imide groups is 1. The monoisotopic (exact) mass is 467 g/mol. The fourth-order valence-corrected chi connectivity index (χ4v) is 2.85. The summed E-state index contributed by atoms with van der Waals surface area (Å²) in [5.41, 5.74) is -5.64. The molecule has 0 saturated heterocycles. The van der Waals surface area contributed by atoms with Crippen LogP contribution in [0.3, 0.4) is 0 Å². The second-order valence-corrected chi connectivity index (χ2v) is 7.32. The van der Waals surface area contributed by atoms with Crippen molar-refractivity contribution < 1.29 is 44.7 Å². The van der Waals surface area contributed by atoms with Gasteiger partial charge in [-0.1, -0.05) is 13.8 Å². The van der Waals surface area contributed by atoms with Crippen LogP contribution in [0.15, 0.2) is 36.4 Å². The molecule has 3 nitrogen and oxygen atoms in total. The molecule has 2 aromatic rings. The summed E-state index contributed by atoms with van der Waals surface area (Å²) in [6.07, 6.45) is -10.2. The number of rotatable bonds is 5. The number of carbonyl (C=O) groups excluding carboxylic acids is 2. The van der Waals surface area contributed by atoms with E-state index in [-0.39, 0.29) is 41.5 Å². The molecule has 11 heteroatoms. The van der Waals surface area contributed by atoms with E-state index in [2.05, 4.69) is 0 Å². The second-order valence-electron chi connectivity index (χ2n) is 7.32. The molecule has 32 heavy (non-hydrogen) atoms. The maximum Gasteiger partial charge on any atom is 0.417 e. The molecule has 174 valence electrons. The standard InChI is InChI=1S/C21H17F8NO2/c1-11(2)7-8-30(18(31)14-9-12(22)3-5-16(14)20(24,25)26)19(32)15-10-13(23)4-6-17(15)21(27,28)29/h3-6,9-11H,7-8H2,1-2H3. The molecule has 0 heterocycles. The van der Waals surface area contributed by atoms with Crippen LogP contribution in [-0.2, 0) is 12.4 Å². The summed E-state index contributed by atoms with van der Waals surface area (Å²) >= 11 is 0. The van der Waals surface area contributed by atoms with Crippen LogP contribution >= 0.6 is 0 Å². The van der Waals surface area contributed by atoms with Crippen molar-refractivity contribution in [3.05, 3.63) is 70.3 Å². The highest BCUT2D eigenvalue weighted by molar-refractivity contribution is 6.11. The summed E-state index contributed by atoms with van der Waals surface area (Å²) in [4.78, 5) is 25.9. The van der Waals surface area contributed by atoms with Gasteiger partial charge in [0.25, 0.3) is 11.8 Å². The van der Waals surface area contributed by atoms with Crippen LogP contribution in [0.2, 0.25) is 0 Å². The van der Waals surface area contributed by atoms with Gasteiger partial charge in [0.2, 0.25) is 0 Å². The predicted octanol–water partition coefficient (Wildman–Crippen LogP) is 6.33. The average molecular weight is 467 g/mol. The fraction of sp³-hybridized carbons (Fsp3) is 0.333. The average Bonchev–Trinajstić information content (AvgIpc) is 2.65. The summed E-state index contributed by atoms with van der Waals surface area (Å²) in [7, 11) is 0. The van der Waals surface area contributed by atoms with E-state index in [1.165, 1.54) is 0 Å². The molecule has 2 rings (SSSR count). The topological polar surface area (TPSA) is 37.4 Å². The molecule has 0 bridgehead atoms. The van der Waals surface area contributed by atoms with Crippen molar-refractivity contribution in [3.63, 3.8) is 0 Å². The van der Waals surface area contributed by atoms with Gasteiger partial charge < -0.3 is 0 Å². The number of nitrogens with zero attached hydrogens (tertiary/aromatic N) is 1. The van der Waals surface area contributed by atoms with E-state index in [1.807, 2.05) is 0 Å². The van der Waals surface area contributed by atoms with E-state index >= 15 is 0 Å². The molecular weight excluding hydrogens is 450 g/mol. The molecule has 0 spiro atoms. The largest absolute Gasteiger partial charge is 0.417 e. The quantitative estimate of drug-likeness (QED) is 0.381. The second kappa shape index (κ2) is 9.25. The summed E-state index contributed by atoms with van der Waals surface area (Å²) in [5.74, 6) is -5.96. The lowest BCUT2D eigenvalue weighted by molar-refractivity contribution is -0.138. The van der Waals surface area contributed by atoms with E-state index in [1.54, 1.807) is 13.8 Å². The van der Waals surface area contributed by atoms with Crippen LogP contribution in [-0.4, -0.2) is 23.3 Å². The van der Waals surface area contributed by atoms with Gasteiger partial charge in [-0.15, -0.1) is 0 Å². The maximum atomic E-state index is 13.6. The molecule has 0 aliphatic heterocycles. The van der Waals surface area contributed by atoms with Gasteiger partial charge in [-0.3, -0.25) is 14.5 Å². The van der Waals surface area contributed by atoms with Crippen LogP contribution in [0, 0.1) is 17.6 Å². The molecular formula is C21H17F8NO2. The normalized spacial score (nSPS) is 12.2. The minimum atomic E-state index is -5.11. The number of amides is 2. The molecule has 0 aromatic heterocycles. The van der Waals surface area contributed by atoms with Crippen molar-refractivity contribution in [1.82, 2.24) is 4.90 Å². The minimum absolute atomic E-state index is 0.0187. The number of hydrogen-bond acceptors (Lipinski definition) is 2. The molecule has 0 unspecified atom stereocenters. The van der Waals surface area contributed by atoms with Gasteiger partial charge in [0.05, 0.1) is 22.3 Å². The molecule has 0 aliphatic carbocycles. The Hall–Kier alpha value is -2.98. The molecule has 2 amide bonds. The Morgan fingerprint density at radius 2 is 1.16 bits per heavy atom. The van der Waals surface area contributed by atoms with Gasteiger partial charge in [0.15, 0.2) is 0 Å². The first kappa shape index (κ1) is 25.3. The zero-order valence-electron chi connectivity index (χ0n) is 16.7. The van der Waals surface area contributed by atoms with Crippen LogP contribution in [0.1, 0.15) is 52.1 Å². The molecule has 0 radical (unpaired) electrons. The Morgan fingerprint density at radius 3 is 1.47 bits per heavy atom. The lowest BCUT2D eigenvalue weighted by Crippen LogP contribution is -2.40. The van der Waals surface area contributed by atoms with Crippen LogP contribution in [0.25, 0.3) is 0 Å². The Morgan fingerprint density at radius 1 is 0.781 bits per heavy atom. The summed E-state index contributed by atoms with van der Waals surface area (Å²) in [5, 5.41) is 0.